The lowest BCUT2D eigenvalue weighted by Gasteiger charge is -2.13. The number of ketones is 1. The van der Waals surface area contributed by atoms with Crippen molar-refractivity contribution in [2.45, 2.75) is 44.4 Å². The Balaban J connectivity index is 1.78. The molecule has 0 bridgehead atoms. The first kappa shape index (κ1) is 11.0. The number of Topliss-reactive ketones (excluding diaryl/α,β-unsaturated/α-hetero) is 1. The second kappa shape index (κ2) is 4.64. The third kappa shape index (κ3) is 2.15. The van der Waals surface area contributed by atoms with Crippen molar-refractivity contribution in [2.75, 3.05) is 0 Å². The van der Waals surface area contributed by atoms with Gasteiger partial charge in [-0.3, -0.25) is 4.79 Å². The highest BCUT2D eigenvalue weighted by atomic mass is 16.1. The van der Waals surface area contributed by atoms with Crippen LogP contribution >= 0.6 is 0 Å². The van der Waals surface area contributed by atoms with Crippen LogP contribution in [0, 0.1) is 11.8 Å². The van der Waals surface area contributed by atoms with Crippen LogP contribution in [0.3, 0.4) is 0 Å². The summed E-state index contributed by atoms with van der Waals surface area (Å²) >= 11 is 0. The normalized spacial score (nSPS) is 33.2. The zero-order valence-corrected chi connectivity index (χ0v) is 10.3. The van der Waals surface area contributed by atoms with Gasteiger partial charge in [-0.15, -0.1) is 0 Å². The van der Waals surface area contributed by atoms with Crippen molar-refractivity contribution < 1.29 is 4.79 Å². The van der Waals surface area contributed by atoms with Crippen LogP contribution in [0.5, 0.6) is 0 Å². The van der Waals surface area contributed by atoms with Gasteiger partial charge in [0.05, 0.1) is 0 Å². The van der Waals surface area contributed by atoms with Crippen LogP contribution in [-0.4, -0.2) is 5.78 Å². The zero-order chi connectivity index (χ0) is 11.7. The maximum Gasteiger partial charge on any atom is 0.136 e. The summed E-state index contributed by atoms with van der Waals surface area (Å²) in [5.41, 5.74) is 1.44. The lowest BCUT2D eigenvalue weighted by atomic mass is 9.91. The molecule has 1 aromatic rings. The van der Waals surface area contributed by atoms with E-state index >= 15 is 0 Å². The summed E-state index contributed by atoms with van der Waals surface area (Å²) in [6, 6.07) is 10.7. The van der Waals surface area contributed by atoms with Crippen LogP contribution in [0.15, 0.2) is 30.3 Å². The summed E-state index contributed by atoms with van der Waals surface area (Å²) in [5.74, 6) is 2.23. The number of hydrogen-bond acceptors (Lipinski definition) is 1. The Kier molecular flexibility index (Phi) is 3.00. The number of carbonyl (C=O) groups excluding carboxylic acids is 1. The number of fused-ring (bicyclic) bond motifs is 1. The number of hydrogen-bond donors (Lipinski definition) is 0. The monoisotopic (exact) mass is 228 g/mol. The van der Waals surface area contributed by atoms with Crippen molar-refractivity contribution in [3.8, 4) is 0 Å². The maximum absolute atomic E-state index is 12.1. The summed E-state index contributed by atoms with van der Waals surface area (Å²) in [6.45, 7) is 0. The van der Waals surface area contributed by atoms with E-state index in [-0.39, 0.29) is 0 Å². The van der Waals surface area contributed by atoms with Gasteiger partial charge >= 0.3 is 0 Å². The van der Waals surface area contributed by atoms with Crippen LogP contribution in [0.1, 0.15) is 50.0 Å². The van der Waals surface area contributed by atoms with Gasteiger partial charge in [-0.25, -0.2) is 0 Å². The molecule has 3 rings (SSSR count). The standard InChI is InChI=1S/C16H20O/c17-16-9-5-4-8-13-10-14(11-15(13)16)12-6-2-1-3-7-12/h1-3,6-7,13-15H,4-5,8-11H2/t13-,14+,15-/m0/s1. The molecule has 2 saturated carbocycles. The van der Waals surface area contributed by atoms with Crippen LogP contribution in [-0.2, 0) is 4.79 Å². The Morgan fingerprint density at radius 3 is 2.65 bits per heavy atom. The van der Waals surface area contributed by atoms with E-state index in [0.717, 1.165) is 19.3 Å². The molecular formula is C16H20O. The zero-order valence-electron chi connectivity index (χ0n) is 10.3. The summed E-state index contributed by atoms with van der Waals surface area (Å²) in [4.78, 5) is 12.1. The topological polar surface area (TPSA) is 17.1 Å². The lowest BCUT2D eigenvalue weighted by molar-refractivity contribution is -0.123. The molecular weight excluding hydrogens is 208 g/mol. The molecule has 2 aliphatic rings. The molecule has 90 valence electrons. The fourth-order valence-electron chi connectivity index (χ4n) is 3.73. The Morgan fingerprint density at radius 1 is 1.00 bits per heavy atom. The Bertz CT molecular complexity index is 395. The first-order valence-corrected chi connectivity index (χ1v) is 6.92. The minimum atomic E-state index is 0.378. The first-order chi connectivity index (χ1) is 8.34. The van der Waals surface area contributed by atoms with Crippen molar-refractivity contribution in [2.24, 2.45) is 11.8 Å². The van der Waals surface area contributed by atoms with Crippen LogP contribution in [0.25, 0.3) is 0 Å². The molecule has 2 fully saturated rings. The van der Waals surface area contributed by atoms with Crippen molar-refractivity contribution >= 4 is 5.78 Å². The Labute approximate surface area is 103 Å². The smallest absolute Gasteiger partial charge is 0.136 e. The number of carbonyl (C=O) groups is 1. The van der Waals surface area contributed by atoms with Gasteiger partial charge in [-0.1, -0.05) is 36.8 Å². The summed E-state index contributed by atoms with van der Waals surface area (Å²) in [6.07, 6.45) is 6.84. The average molecular weight is 228 g/mol. The molecule has 0 N–H and O–H groups in total. The third-order valence-corrected chi connectivity index (χ3v) is 4.63. The third-order valence-electron chi connectivity index (χ3n) is 4.63. The van der Waals surface area contributed by atoms with E-state index in [1.54, 1.807) is 0 Å². The number of rotatable bonds is 1. The maximum atomic E-state index is 12.1. The van der Waals surface area contributed by atoms with E-state index in [1.807, 2.05) is 0 Å². The molecule has 1 heteroatoms. The molecule has 0 spiro atoms. The fraction of sp³-hybridized carbons (Fsp3) is 0.562. The van der Waals surface area contributed by atoms with Gasteiger partial charge in [0.15, 0.2) is 0 Å². The van der Waals surface area contributed by atoms with Crippen LogP contribution in [0.4, 0.5) is 0 Å². The van der Waals surface area contributed by atoms with Crippen LogP contribution < -0.4 is 0 Å². The molecule has 0 radical (unpaired) electrons. The SMILES string of the molecule is O=C1CCCC[C@H]2C[C@@H](c3ccccc3)C[C@H]12. The van der Waals surface area contributed by atoms with E-state index < -0.39 is 0 Å². The lowest BCUT2D eigenvalue weighted by Crippen LogP contribution is -2.15. The van der Waals surface area contributed by atoms with Crippen molar-refractivity contribution in [1.29, 1.82) is 0 Å². The summed E-state index contributed by atoms with van der Waals surface area (Å²) < 4.78 is 0. The predicted octanol–water partition coefficient (Wildman–Crippen LogP) is 3.94. The van der Waals surface area contributed by atoms with Crippen molar-refractivity contribution in [3.05, 3.63) is 35.9 Å². The molecule has 0 saturated heterocycles. The molecule has 0 amide bonds. The predicted molar refractivity (Wildman–Crippen MR) is 68.9 cm³/mol. The van der Waals surface area contributed by atoms with Crippen molar-refractivity contribution in [3.63, 3.8) is 0 Å². The summed E-state index contributed by atoms with van der Waals surface area (Å²) in [7, 11) is 0. The van der Waals surface area contributed by atoms with E-state index in [4.69, 9.17) is 0 Å². The van der Waals surface area contributed by atoms with Gasteiger partial charge in [0.25, 0.3) is 0 Å². The van der Waals surface area contributed by atoms with Crippen molar-refractivity contribution in [1.82, 2.24) is 0 Å². The molecule has 17 heavy (non-hydrogen) atoms. The Hall–Kier alpha value is -1.11. The van der Waals surface area contributed by atoms with E-state index in [2.05, 4.69) is 30.3 Å². The average Bonchev–Trinajstić information content (AvgIpc) is 2.72. The Morgan fingerprint density at radius 2 is 1.82 bits per heavy atom. The van der Waals surface area contributed by atoms with Gasteiger partial charge in [0.1, 0.15) is 5.78 Å². The second-order valence-electron chi connectivity index (χ2n) is 5.66. The molecule has 1 nitrogen and oxygen atoms in total. The molecule has 0 aliphatic heterocycles. The minimum Gasteiger partial charge on any atom is -0.299 e. The largest absolute Gasteiger partial charge is 0.299 e. The number of benzene rings is 1. The molecule has 0 heterocycles. The van der Waals surface area contributed by atoms with E-state index in [9.17, 15) is 4.79 Å². The van der Waals surface area contributed by atoms with Gasteiger partial charge in [0.2, 0.25) is 0 Å². The first-order valence-electron chi connectivity index (χ1n) is 6.92. The summed E-state index contributed by atoms with van der Waals surface area (Å²) in [5, 5.41) is 0. The molecule has 0 aromatic heterocycles. The van der Waals surface area contributed by atoms with Gasteiger partial charge in [-0.05, 0) is 43.1 Å². The van der Waals surface area contributed by atoms with Crippen LogP contribution in [0.2, 0.25) is 0 Å². The van der Waals surface area contributed by atoms with E-state index in [0.29, 0.717) is 23.5 Å². The highest BCUT2D eigenvalue weighted by Crippen LogP contribution is 2.46. The highest BCUT2D eigenvalue weighted by Gasteiger charge is 2.39. The fourth-order valence-corrected chi connectivity index (χ4v) is 3.73. The second-order valence-corrected chi connectivity index (χ2v) is 5.66. The van der Waals surface area contributed by atoms with Gasteiger partial charge in [0, 0.05) is 12.3 Å². The van der Waals surface area contributed by atoms with E-state index in [1.165, 1.54) is 24.8 Å². The minimum absolute atomic E-state index is 0.378. The quantitative estimate of drug-likeness (QED) is 0.711. The highest BCUT2D eigenvalue weighted by molar-refractivity contribution is 5.82. The molecule has 1 aromatic carbocycles. The molecule has 3 atom stereocenters. The van der Waals surface area contributed by atoms with Gasteiger partial charge in [-0.2, -0.15) is 0 Å². The van der Waals surface area contributed by atoms with Gasteiger partial charge < -0.3 is 0 Å². The molecule has 0 unspecified atom stereocenters. The molecule has 2 aliphatic carbocycles.